The van der Waals surface area contributed by atoms with Crippen LogP contribution in [0.5, 0.6) is 5.75 Å². The summed E-state index contributed by atoms with van der Waals surface area (Å²) in [6.45, 7) is 6.15. The van der Waals surface area contributed by atoms with Crippen LogP contribution < -0.4 is 10.1 Å². The molecule has 0 aliphatic rings. The molecular formula is C13H17N5O2. The molecule has 2 rings (SSSR count). The van der Waals surface area contributed by atoms with Crippen LogP contribution in [0.1, 0.15) is 22.5 Å². The monoisotopic (exact) mass is 275 g/mol. The molecule has 7 heteroatoms. The van der Waals surface area contributed by atoms with E-state index in [9.17, 15) is 4.79 Å². The van der Waals surface area contributed by atoms with E-state index in [2.05, 4.69) is 25.9 Å². The number of rotatable bonds is 5. The lowest BCUT2D eigenvalue weighted by Crippen LogP contribution is -2.29. The van der Waals surface area contributed by atoms with Gasteiger partial charge in [0.15, 0.2) is 12.4 Å². The minimum Gasteiger partial charge on any atom is -0.483 e. The number of aryl methyl sites for hydroxylation is 3. The molecule has 0 saturated carbocycles. The number of nitrogens with zero attached hydrogens (tertiary/aromatic N) is 3. The average Bonchev–Trinajstić information content (AvgIpc) is 2.88. The van der Waals surface area contributed by atoms with Crippen molar-refractivity contribution >= 4 is 5.91 Å². The smallest absolute Gasteiger partial charge is 0.258 e. The molecule has 0 bridgehead atoms. The summed E-state index contributed by atoms with van der Waals surface area (Å²) in [5.74, 6) is 0.959. The van der Waals surface area contributed by atoms with Gasteiger partial charge >= 0.3 is 0 Å². The summed E-state index contributed by atoms with van der Waals surface area (Å²) < 4.78 is 5.58. The number of aromatic amines is 1. The fraction of sp³-hybridized carbons (Fsp3) is 0.385. The number of H-pyrrole nitrogens is 1. The molecule has 20 heavy (non-hydrogen) atoms. The van der Waals surface area contributed by atoms with Crippen LogP contribution >= 0.6 is 0 Å². The molecule has 0 unspecified atom stereocenters. The molecule has 0 spiro atoms. The van der Waals surface area contributed by atoms with E-state index in [4.69, 9.17) is 4.74 Å². The number of amides is 1. The van der Waals surface area contributed by atoms with Crippen LogP contribution in [0.15, 0.2) is 12.1 Å². The van der Waals surface area contributed by atoms with E-state index in [1.54, 1.807) is 0 Å². The van der Waals surface area contributed by atoms with E-state index in [1.807, 2.05) is 32.9 Å². The molecule has 7 nitrogen and oxygen atoms in total. The van der Waals surface area contributed by atoms with Crippen molar-refractivity contribution in [2.24, 2.45) is 0 Å². The van der Waals surface area contributed by atoms with E-state index in [-0.39, 0.29) is 19.1 Å². The molecule has 0 saturated heterocycles. The molecule has 1 aromatic carbocycles. The number of aromatic nitrogens is 4. The van der Waals surface area contributed by atoms with Gasteiger partial charge in [-0.05, 0) is 31.9 Å². The summed E-state index contributed by atoms with van der Waals surface area (Å²) in [4.78, 5) is 11.7. The van der Waals surface area contributed by atoms with Crippen LogP contribution in [0.2, 0.25) is 0 Å². The fourth-order valence-corrected chi connectivity index (χ4v) is 2.02. The van der Waals surface area contributed by atoms with Crippen molar-refractivity contribution in [1.82, 2.24) is 25.9 Å². The molecular weight excluding hydrogens is 258 g/mol. The molecule has 106 valence electrons. The number of benzene rings is 1. The normalized spacial score (nSPS) is 10.3. The van der Waals surface area contributed by atoms with Crippen LogP contribution in [0, 0.1) is 20.8 Å². The van der Waals surface area contributed by atoms with Gasteiger partial charge in [0.05, 0.1) is 6.54 Å². The Bertz CT molecular complexity index is 572. The summed E-state index contributed by atoms with van der Waals surface area (Å²) in [6, 6.07) is 4.05. The maximum atomic E-state index is 11.7. The van der Waals surface area contributed by atoms with E-state index in [1.165, 1.54) is 5.56 Å². The van der Waals surface area contributed by atoms with Gasteiger partial charge in [-0.25, -0.2) is 0 Å². The molecule has 0 aliphatic carbocycles. The number of carbonyl (C=O) groups is 1. The standard InChI is InChI=1S/C13H17N5O2/c1-8-4-9(2)13(10(3)5-8)20-7-12(19)14-6-11-15-17-18-16-11/h4-5H,6-7H2,1-3H3,(H,14,19)(H,15,16,17,18). The molecule has 1 heterocycles. The Hall–Kier alpha value is -2.44. The van der Waals surface area contributed by atoms with Crippen LogP contribution in [-0.2, 0) is 11.3 Å². The largest absolute Gasteiger partial charge is 0.483 e. The lowest BCUT2D eigenvalue weighted by molar-refractivity contribution is -0.123. The Labute approximate surface area is 116 Å². The molecule has 2 aromatic rings. The number of tetrazole rings is 1. The molecule has 0 radical (unpaired) electrons. The molecule has 1 aromatic heterocycles. The van der Waals surface area contributed by atoms with E-state index in [0.717, 1.165) is 16.9 Å². The zero-order chi connectivity index (χ0) is 14.5. The van der Waals surface area contributed by atoms with Crippen molar-refractivity contribution in [3.63, 3.8) is 0 Å². The molecule has 2 N–H and O–H groups in total. The van der Waals surface area contributed by atoms with Gasteiger partial charge in [-0.2, -0.15) is 5.21 Å². The van der Waals surface area contributed by atoms with Crippen molar-refractivity contribution < 1.29 is 9.53 Å². The van der Waals surface area contributed by atoms with E-state index in [0.29, 0.717) is 5.82 Å². The first-order valence-corrected chi connectivity index (χ1v) is 6.26. The fourth-order valence-electron chi connectivity index (χ4n) is 2.02. The number of ether oxygens (including phenoxy) is 1. The summed E-state index contributed by atoms with van der Waals surface area (Å²) >= 11 is 0. The molecule has 0 atom stereocenters. The van der Waals surface area contributed by atoms with Gasteiger partial charge in [0, 0.05) is 0 Å². The van der Waals surface area contributed by atoms with Gasteiger partial charge in [-0.1, -0.05) is 22.9 Å². The van der Waals surface area contributed by atoms with Crippen molar-refractivity contribution in [3.05, 3.63) is 34.6 Å². The first kappa shape index (κ1) is 14.0. The van der Waals surface area contributed by atoms with Crippen molar-refractivity contribution in [2.45, 2.75) is 27.3 Å². The zero-order valence-electron chi connectivity index (χ0n) is 11.7. The SMILES string of the molecule is Cc1cc(C)c(OCC(=O)NCc2nn[nH]n2)c(C)c1. The quantitative estimate of drug-likeness (QED) is 0.842. The molecule has 1 amide bonds. The third kappa shape index (κ3) is 3.53. The highest BCUT2D eigenvalue weighted by Gasteiger charge is 2.09. The summed E-state index contributed by atoms with van der Waals surface area (Å²) in [6.07, 6.45) is 0. The predicted molar refractivity (Wildman–Crippen MR) is 72.2 cm³/mol. The van der Waals surface area contributed by atoms with Gasteiger partial charge in [0.2, 0.25) is 0 Å². The summed E-state index contributed by atoms with van der Waals surface area (Å²) in [5, 5.41) is 15.9. The van der Waals surface area contributed by atoms with E-state index >= 15 is 0 Å². The second-order valence-corrected chi connectivity index (χ2v) is 4.62. The first-order chi connectivity index (χ1) is 9.56. The maximum Gasteiger partial charge on any atom is 0.258 e. The highest BCUT2D eigenvalue weighted by molar-refractivity contribution is 5.77. The Morgan fingerprint density at radius 1 is 1.30 bits per heavy atom. The topological polar surface area (TPSA) is 92.8 Å². The van der Waals surface area contributed by atoms with Crippen molar-refractivity contribution in [1.29, 1.82) is 0 Å². The number of hydrogen-bond acceptors (Lipinski definition) is 5. The summed E-state index contributed by atoms with van der Waals surface area (Å²) in [5.41, 5.74) is 3.22. The zero-order valence-corrected chi connectivity index (χ0v) is 11.7. The molecule has 0 fully saturated rings. The van der Waals surface area contributed by atoms with Crippen molar-refractivity contribution in [2.75, 3.05) is 6.61 Å². The minimum absolute atomic E-state index is 0.0391. The van der Waals surface area contributed by atoms with Gasteiger partial charge < -0.3 is 10.1 Å². The Morgan fingerprint density at radius 2 is 2.00 bits per heavy atom. The van der Waals surface area contributed by atoms with Crippen LogP contribution in [-0.4, -0.2) is 33.1 Å². The Morgan fingerprint density at radius 3 is 2.60 bits per heavy atom. The Kier molecular flexibility index (Phi) is 4.29. The number of carbonyl (C=O) groups excluding carboxylic acids is 1. The van der Waals surface area contributed by atoms with Crippen LogP contribution in [0.25, 0.3) is 0 Å². The van der Waals surface area contributed by atoms with Gasteiger partial charge in [0.25, 0.3) is 5.91 Å². The Balaban J connectivity index is 1.87. The third-order valence-electron chi connectivity index (χ3n) is 2.79. The van der Waals surface area contributed by atoms with Crippen LogP contribution in [0.4, 0.5) is 0 Å². The van der Waals surface area contributed by atoms with Gasteiger partial charge in [-0.15, -0.1) is 10.2 Å². The predicted octanol–water partition coefficient (Wildman–Crippen LogP) is 0.820. The second kappa shape index (κ2) is 6.14. The number of hydrogen-bond donors (Lipinski definition) is 2. The van der Waals surface area contributed by atoms with Gasteiger partial charge in [0.1, 0.15) is 5.75 Å². The first-order valence-electron chi connectivity index (χ1n) is 6.26. The lowest BCUT2D eigenvalue weighted by atomic mass is 10.1. The third-order valence-corrected chi connectivity index (χ3v) is 2.79. The van der Waals surface area contributed by atoms with E-state index < -0.39 is 0 Å². The van der Waals surface area contributed by atoms with Crippen molar-refractivity contribution in [3.8, 4) is 5.75 Å². The highest BCUT2D eigenvalue weighted by atomic mass is 16.5. The lowest BCUT2D eigenvalue weighted by Gasteiger charge is -2.12. The highest BCUT2D eigenvalue weighted by Crippen LogP contribution is 2.24. The molecule has 0 aliphatic heterocycles. The van der Waals surface area contributed by atoms with Gasteiger partial charge in [-0.3, -0.25) is 4.79 Å². The second-order valence-electron chi connectivity index (χ2n) is 4.62. The maximum absolute atomic E-state index is 11.7. The number of nitrogens with one attached hydrogen (secondary N) is 2. The minimum atomic E-state index is -0.228. The average molecular weight is 275 g/mol. The van der Waals surface area contributed by atoms with Crippen LogP contribution in [0.3, 0.4) is 0 Å². The summed E-state index contributed by atoms with van der Waals surface area (Å²) in [7, 11) is 0.